The molecular formula is C17H23N3OS. The van der Waals surface area contributed by atoms with Gasteiger partial charge in [0.2, 0.25) is 0 Å². The van der Waals surface area contributed by atoms with Crippen molar-refractivity contribution in [3.8, 4) is 5.75 Å². The SMILES string of the molecule is CCOc1ccc(CN=C(N)NCCc2cccs2)cc1C. The van der Waals surface area contributed by atoms with E-state index in [2.05, 4.69) is 33.9 Å². The van der Waals surface area contributed by atoms with Crippen LogP contribution in [-0.4, -0.2) is 19.1 Å². The number of nitrogens with two attached hydrogens (primary N) is 1. The smallest absolute Gasteiger partial charge is 0.188 e. The highest BCUT2D eigenvalue weighted by atomic mass is 32.1. The summed E-state index contributed by atoms with van der Waals surface area (Å²) in [5.74, 6) is 1.42. The maximum atomic E-state index is 5.89. The van der Waals surface area contributed by atoms with Crippen LogP contribution < -0.4 is 15.8 Å². The van der Waals surface area contributed by atoms with Gasteiger partial charge in [0.1, 0.15) is 5.75 Å². The van der Waals surface area contributed by atoms with Crippen molar-refractivity contribution in [1.29, 1.82) is 0 Å². The first-order valence-corrected chi connectivity index (χ1v) is 8.35. The molecule has 5 heteroatoms. The van der Waals surface area contributed by atoms with Gasteiger partial charge >= 0.3 is 0 Å². The summed E-state index contributed by atoms with van der Waals surface area (Å²) in [6, 6.07) is 10.3. The minimum absolute atomic E-state index is 0.489. The van der Waals surface area contributed by atoms with Gasteiger partial charge < -0.3 is 15.8 Å². The van der Waals surface area contributed by atoms with Gasteiger partial charge in [0.15, 0.2) is 5.96 Å². The average molecular weight is 317 g/mol. The van der Waals surface area contributed by atoms with Crippen molar-refractivity contribution in [2.24, 2.45) is 10.7 Å². The average Bonchev–Trinajstić information content (AvgIpc) is 3.01. The van der Waals surface area contributed by atoms with Crippen LogP contribution >= 0.6 is 11.3 Å². The molecule has 0 saturated heterocycles. The number of ether oxygens (including phenoxy) is 1. The van der Waals surface area contributed by atoms with E-state index in [4.69, 9.17) is 10.5 Å². The Morgan fingerprint density at radius 2 is 2.23 bits per heavy atom. The first-order chi connectivity index (χ1) is 10.7. The second kappa shape index (κ2) is 8.44. The third-order valence-electron chi connectivity index (χ3n) is 3.23. The number of hydrogen-bond donors (Lipinski definition) is 2. The standard InChI is InChI=1S/C17H23N3OS/c1-3-21-16-7-6-14(11-13(16)2)12-20-17(18)19-9-8-15-5-4-10-22-15/h4-7,10-11H,3,8-9,12H2,1-2H3,(H3,18,19,20). The Labute approximate surface area is 136 Å². The van der Waals surface area contributed by atoms with Crippen LogP contribution in [0.15, 0.2) is 40.7 Å². The molecule has 0 amide bonds. The largest absolute Gasteiger partial charge is 0.494 e. The lowest BCUT2D eigenvalue weighted by Gasteiger charge is -2.08. The molecule has 1 aromatic carbocycles. The van der Waals surface area contributed by atoms with Crippen molar-refractivity contribution in [3.63, 3.8) is 0 Å². The molecule has 22 heavy (non-hydrogen) atoms. The van der Waals surface area contributed by atoms with E-state index in [1.54, 1.807) is 11.3 Å². The van der Waals surface area contributed by atoms with Gasteiger partial charge in [-0.05, 0) is 48.9 Å². The molecule has 2 rings (SSSR count). The number of guanidine groups is 1. The zero-order valence-electron chi connectivity index (χ0n) is 13.1. The molecule has 0 aliphatic carbocycles. The highest BCUT2D eigenvalue weighted by Crippen LogP contribution is 2.19. The molecule has 0 radical (unpaired) electrons. The molecule has 0 bridgehead atoms. The first kappa shape index (κ1) is 16.4. The Morgan fingerprint density at radius 1 is 1.36 bits per heavy atom. The summed E-state index contributed by atoms with van der Waals surface area (Å²) in [5.41, 5.74) is 8.15. The molecule has 0 aliphatic heterocycles. The maximum Gasteiger partial charge on any atom is 0.188 e. The van der Waals surface area contributed by atoms with Crippen LogP contribution in [0, 0.1) is 6.92 Å². The normalized spacial score (nSPS) is 11.5. The Bertz CT molecular complexity index is 608. The third kappa shape index (κ3) is 5.07. The predicted molar refractivity (Wildman–Crippen MR) is 93.7 cm³/mol. The fourth-order valence-electron chi connectivity index (χ4n) is 2.13. The van der Waals surface area contributed by atoms with Crippen LogP contribution in [0.4, 0.5) is 0 Å². The Balaban J connectivity index is 1.81. The molecule has 0 aliphatic rings. The number of rotatable bonds is 7. The summed E-state index contributed by atoms with van der Waals surface area (Å²) < 4.78 is 5.53. The van der Waals surface area contributed by atoms with Gasteiger partial charge in [-0.1, -0.05) is 18.2 Å². The van der Waals surface area contributed by atoms with Gasteiger partial charge in [-0.25, -0.2) is 4.99 Å². The number of aryl methyl sites for hydroxylation is 1. The molecule has 118 valence electrons. The van der Waals surface area contributed by atoms with E-state index in [9.17, 15) is 0 Å². The van der Waals surface area contributed by atoms with E-state index in [1.807, 2.05) is 26.0 Å². The van der Waals surface area contributed by atoms with Crippen LogP contribution in [0.2, 0.25) is 0 Å². The van der Waals surface area contributed by atoms with Gasteiger partial charge in [-0.2, -0.15) is 0 Å². The number of nitrogens with one attached hydrogen (secondary N) is 1. The molecule has 0 spiro atoms. The Kier molecular flexibility index (Phi) is 6.27. The van der Waals surface area contributed by atoms with E-state index in [-0.39, 0.29) is 0 Å². The van der Waals surface area contributed by atoms with Crippen molar-refractivity contribution in [2.45, 2.75) is 26.8 Å². The molecule has 1 heterocycles. The number of nitrogens with zero attached hydrogens (tertiary/aromatic N) is 1. The van der Waals surface area contributed by atoms with Gasteiger partial charge in [0.25, 0.3) is 0 Å². The zero-order chi connectivity index (χ0) is 15.8. The molecule has 0 fully saturated rings. The Morgan fingerprint density at radius 3 is 2.91 bits per heavy atom. The molecule has 0 unspecified atom stereocenters. The second-order valence-electron chi connectivity index (χ2n) is 4.99. The highest BCUT2D eigenvalue weighted by molar-refractivity contribution is 7.09. The first-order valence-electron chi connectivity index (χ1n) is 7.47. The number of hydrogen-bond acceptors (Lipinski definition) is 3. The van der Waals surface area contributed by atoms with Crippen LogP contribution in [0.3, 0.4) is 0 Å². The maximum absolute atomic E-state index is 5.89. The van der Waals surface area contributed by atoms with Gasteiger partial charge in [0.05, 0.1) is 13.2 Å². The van der Waals surface area contributed by atoms with Crippen molar-refractivity contribution >= 4 is 17.3 Å². The molecule has 3 N–H and O–H groups in total. The van der Waals surface area contributed by atoms with Crippen molar-refractivity contribution in [1.82, 2.24) is 5.32 Å². The molecule has 1 aromatic heterocycles. The van der Waals surface area contributed by atoms with E-state index in [1.165, 1.54) is 4.88 Å². The summed E-state index contributed by atoms with van der Waals surface area (Å²) in [5, 5.41) is 5.23. The molecule has 0 atom stereocenters. The van der Waals surface area contributed by atoms with Crippen molar-refractivity contribution in [2.75, 3.05) is 13.2 Å². The lowest BCUT2D eigenvalue weighted by Crippen LogP contribution is -2.33. The fourth-order valence-corrected chi connectivity index (χ4v) is 2.84. The number of aliphatic imine (C=N–C) groups is 1. The van der Waals surface area contributed by atoms with E-state index in [0.717, 1.165) is 29.8 Å². The summed E-state index contributed by atoms with van der Waals surface area (Å²) in [6.07, 6.45) is 0.968. The minimum atomic E-state index is 0.489. The number of benzene rings is 1. The third-order valence-corrected chi connectivity index (χ3v) is 4.16. The Hall–Kier alpha value is -2.01. The summed E-state index contributed by atoms with van der Waals surface area (Å²) in [4.78, 5) is 5.73. The van der Waals surface area contributed by atoms with Crippen molar-refractivity contribution < 1.29 is 4.74 Å². The van der Waals surface area contributed by atoms with Crippen LogP contribution in [-0.2, 0) is 13.0 Å². The highest BCUT2D eigenvalue weighted by Gasteiger charge is 2.01. The topological polar surface area (TPSA) is 59.6 Å². The van der Waals surface area contributed by atoms with Gasteiger partial charge in [-0.3, -0.25) is 0 Å². The molecule has 4 nitrogen and oxygen atoms in total. The van der Waals surface area contributed by atoms with Crippen LogP contribution in [0.25, 0.3) is 0 Å². The van der Waals surface area contributed by atoms with Gasteiger partial charge in [-0.15, -0.1) is 11.3 Å². The summed E-state index contributed by atoms with van der Waals surface area (Å²) in [6.45, 7) is 6.09. The lowest BCUT2D eigenvalue weighted by molar-refractivity contribution is 0.338. The fraction of sp³-hybridized carbons (Fsp3) is 0.353. The monoisotopic (exact) mass is 317 g/mol. The second-order valence-corrected chi connectivity index (χ2v) is 6.02. The van der Waals surface area contributed by atoms with Crippen molar-refractivity contribution in [3.05, 3.63) is 51.7 Å². The predicted octanol–water partition coefficient (Wildman–Crippen LogP) is 3.10. The van der Waals surface area contributed by atoms with Crippen LogP contribution in [0.5, 0.6) is 5.75 Å². The molecule has 2 aromatic rings. The quantitative estimate of drug-likeness (QED) is 0.609. The van der Waals surface area contributed by atoms with Gasteiger partial charge in [0, 0.05) is 11.4 Å². The van der Waals surface area contributed by atoms with E-state index in [0.29, 0.717) is 19.1 Å². The van der Waals surface area contributed by atoms with E-state index < -0.39 is 0 Å². The molecular weight excluding hydrogens is 294 g/mol. The van der Waals surface area contributed by atoms with E-state index >= 15 is 0 Å². The summed E-state index contributed by atoms with van der Waals surface area (Å²) >= 11 is 1.76. The lowest BCUT2D eigenvalue weighted by atomic mass is 10.1. The number of thiophene rings is 1. The molecule has 0 saturated carbocycles. The minimum Gasteiger partial charge on any atom is -0.494 e. The zero-order valence-corrected chi connectivity index (χ0v) is 14.0. The summed E-state index contributed by atoms with van der Waals surface area (Å²) in [7, 11) is 0. The van der Waals surface area contributed by atoms with Crippen LogP contribution in [0.1, 0.15) is 22.9 Å².